The van der Waals surface area contributed by atoms with E-state index in [4.69, 9.17) is 5.73 Å². The molecule has 0 aromatic carbocycles. The van der Waals surface area contributed by atoms with Crippen LogP contribution in [0.2, 0.25) is 0 Å². The van der Waals surface area contributed by atoms with E-state index in [1.165, 1.54) is 0 Å². The average molecular weight is 263 g/mol. The molecule has 0 aliphatic carbocycles. The van der Waals surface area contributed by atoms with Crippen molar-refractivity contribution in [1.29, 1.82) is 0 Å². The van der Waals surface area contributed by atoms with Gasteiger partial charge in [0.2, 0.25) is 0 Å². The Labute approximate surface area is 105 Å². The molecular formula is C9H17N3O2S2. The average Bonchev–Trinajstić information content (AvgIpc) is 2.22. The fraction of sp³-hybridized carbons (Fsp3) is 0.667. The second-order valence-corrected chi connectivity index (χ2v) is 5.83. The molecule has 5 nitrogen and oxygen atoms in total. The van der Waals surface area contributed by atoms with Gasteiger partial charge in [-0.3, -0.25) is 9.59 Å². The van der Waals surface area contributed by atoms with Crippen LogP contribution in [0.3, 0.4) is 0 Å². The van der Waals surface area contributed by atoms with Crippen LogP contribution < -0.4 is 16.4 Å². The first kappa shape index (κ1) is 15.2. The van der Waals surface area contributed by atoms with Gasteiger partial charge in [-0.05, 0) is 20.1 Å². The van der Waals surface area contributed by atoms with Crippen molar-refractivity contribution < 1.29 is 9.59 Å². The molecule has 2 amide bonds. The summed E-state index contributed by atoms with van der Waals surface area (Å²) < 4.78 is -0.0981. The summed E-state index contributed by atoms with van der Waals surface area (Å²) in [6, 6.07) is 0. The molecule has 92 valence electrons. The van der Waals surface area contributed by atoms with E-state index in [1.54, 1.807) is 11.8 Å². The molecule has 0 saturated heterocycles. The number of nitrogens with two attached hydrogens (primary N) is 1. The van der Waals surface area contributed by atoms with Crippen LogP contribution in [0.25, 0.3) is 0 Å². The summed E-state index contributed by atoms with van der Waals surface area (Å²) in [5.74, 6) is -1.39. The maximum atomic E-state index is 11.3. The van der Waals surface area contributed by atoms with Gasteiger partial charge >= 0.3 is 11.8 Å². The van der Waals surface area contributed by atoms with E-state index in [0.717, 1.165) is 0 Å². The molecule has 0 rings (SSSR count). The monoisotopic (exact) mass is 263 g/mol. The summed E-state index contributed by atoms with van der Waals surface area (Å²) in [4.78, 5) is 22.7. The maximum absolute atomic E-state index is 11.3. The van der Waals surface area contributed by atoms with Crippen LogP contribution in [-0.4, -0.2) is 40.9 Å². The minimum Gasteiger partial charge on any atom is -0.392 e. The van der Waals surface area contributed by atoms with Crippen molar-refractivity contribution in [2.75, 3.05) is 19.3 Å². The number of carbonyl (C=O) groups is 2. The van der Waals surface area contributed by atoms with Gasteiger partial charge in [0.1, 0.15) is 0 Å². The number of thiocarbonyl (C=S) groups is 1. The number of thioether (sulfide) groups is 1. The fourth-order valence-corrected chi connectivity index (χ4v) is 0.982. The van der Waals surface area contributed by atoms with Gasteiger partial charge < -0.3 is 16.4 Å². The Morgan fingerprint density at radius 1 is 1.31 bits per heavy atom. The van der Waals surface area contributed by atoms with Crippen LogP contribution in [0.4, 0.5) is 0 Å². The molecule has 4 N–H and O–H groups in total. The van der Waals surface area contributed by atoms with Crippen LogP contribution >= 0.6 is 24.0 Å². The van der Waals surface area contributed by atoms with Gasteiger partial charge in [-0.15, -0.1) is 0 Å². The van der Waals surface area contributed by atoms with Crippen molar-refractivity contribution in [2.45, 2.75) is 18.6 Å². The smallest absolute Gasteiger partial charge is 0.309 e. The number of nitrogens with one attached hydrogen (secondary N) is 2. The molecule has 16 heavy (non-hydrogen) atoms. The van der Waals surface area contributed by atoms with Gasteiger partial charge in [-0.25, -0.2) is 0 Å². The largest absolute Gasteiger partial charge is 0.392 e. The first-order valence-corrected chi connectivity index (χ1v) is 6.31. The number of hydrogen-bond acceptors (Lipinski definition) is 4. The lowest BCUT2D eigenvalue weighted by molar-refractivity contribution is -0.139. The van der Waals surface area contributed by atoms with Crippen LogP contribution in [0, 0.1) is 0 Å². The predicted molar refractivity (Wildman–Crippen MR) is 70.4 cm³/mol. The zero-order valence-corrected chi connectivity index (χ0v) is 11.3. The van der Waals surface area contributed by atoms with Gasteiger partial charge in [0.15, 0.2) is 0 Å². The lowest BCUT2D eigenvalue weighted by Crippen LogP contribution is -2.46. The molecule has 0 saturated carbocycles. The van der Waals surface area contributed by atoms with E-state index in [9.17, 15) is 9.59 Å². The molecule has 0 heterocycles. The molecule has 0 aromatic rings. The first-order chi connectivity index (χ1) is 7.28. The standard InChI is InChI=1S/C9H17N3O2S2/c1-9(2,16-3)5-12-8(14)7(13)11-4-6(10)15/h4-5H2,1-3H3,(H2,10,15)(H,11,13)(H,12,14). The highest BCUT2D eigenvalue weighted by molar-refractivity contribution is 7.99. The third kappa shape index (κ3) is 6.62. The Kier molecular flexibility index (Phi) is 6.35. The van der Waals surface area contributed by atoms with E-state index in [0.29, 0.717) is 6.54 Å². The molecule has 0 spiro atoms. The van der Waals surface area contributed by atoms with Gasteiger partial charge in [-0.1, -0.05) is 12.2 Å². The third-order valence-corrected chi connectivity index (χ3v) is 3.25. The van der Waals surface area contributed by atoms with E-state index >= 15 is 0 Å². The van der Waals surface area contributed by atoms with Crippen LogP contribution in [0.5, 0.6) is 0 Å². The number of rotatable bonds is 5. The van der Waals surface area contributed by atoms with Crippen LogP contribution in [-0.2, 0) is 9.59 Å². The first-order valence-electron chi connectivity index (χ1n) is 4.68. The molecule has 0 atom stereocenters. The molecule has 7 heteroatoms. The Morgan fingerprint density at radius 2 is 1.81 bits per heavy atom. The summed E-state index contributed by atoms with van der Waals surface area (Å²) >= 11 is 6.18. The summed E-state index contributed by atoms with van der Waals surface area (Å²) in [6.07, 6.45) is 1.94. The van der Waals surface area contributed by atoms with Crippen LogP contribution in [0.15, 0.2) is 0 Å². The predicted octanol–water partition coefficient (Wildman–Crippen LogP) is -0.353. The highest BCUT2D eigenvalue weighted by atomic mass is 32.2. The van der Waals surface area contributed by atoms with Gasteiger partial charge in [0.25, 0.3) is 0 Å². The van der Waals surface area contributed by atoms with E-state index in [1.807, 2.05) is 20.1 Å². The molecule has 0 fully saturated rings. The highest BCUT2D eigenvalue weighted by Crippen LogP contribution is 2.19. The van der Waals surface area contributed by atoms with Gasteiger partial charge in [0.05, 0.1) is 11.5 Å². The van der Waals surface area contributed by atoms with Crippen molar-refractivity contribution in [3.8, 4) is 0 Å². The Morgan fingerprint density at radius 3 is 2.25 bits per heavy atom. The topological polar surface area (TPSA) is 84.2 Å². The van der Waals surface area contributed by atoms with Crippen molar-refractivity contribution in [3.63, 3.8) is 0 Å². The summed E-state index contributed by atoms with van der Waals surface area (Å²) in [5, 5.41) is 4.85. The molecule has 0 radical (unpaired) electrons. The van der Waals surface area contributed by atoms with Gasteiger partial charge in [-0.2, -0.15) is 11.8 Å². The van der Waals surface area contributed by atoms with Crippen molar-refractivity contribution in [3.05, 3.63) is 0 Å². The second kappa shape index (κ2) is 6.70. The van der Waals surface area contributed by atoms with Crippen LogP contribution in [0.1, 0.15) is 13.8 Å². The zero-order valence-electron chi connectivity index (χ0n) is 9.62. The summed E-state index contributed by atoms with van der Waals surface area (Å²) in [5.41, 5.74) is 5.19. The third-order valence-electron chi connectivity index (χ3n) is 1.86. The minimum atomic E-state index is -0.718. The van der Waals surface area contributed by atoms with Crippen molar-refractivity contribution in [2.24, 2.45) is 5.73 Å². The lowest BCUT2D eigenvalue weighted by Gasteiger charge is -2.21. The second-order valence-electron chi connectivity index (χ2n) is 3.80. The SMILES string of the molecule is CSC(C)(C)CNC(=O)C(=O)NCC(N)=S. The maximum Gasteiger partial charge on any atom is 0.309 e. The Bertz CT molecular complexity index is 292. The van der Waals surface area contributed by atoms with E-state index in [2.05, 4.69) is 22.9 Å². The molecule has 0 bridgehead atoms. The van der Waals surface area contributed by atoms with E-state index in [-0.39, 0.29) is 16.3 Å². The normalized spacial score (nSPS) is 10.7. The molecule has 0 aromatic heterocycles. The minimum absolute atomic E-state index is 0.0352. The highest BCUT2D eigenvalue weighted by Gasteiger charge is 2.19. The number of carbonyl (C=O) groups excluding carboxylic acids is 2. The van der Waals surface area contributed by atoms with Gasteiger partial charge in [0, 0.05) is 11.3 Å². The quantitative estimate of drug-likeness (QED) is 0.466. The Hall–Kier alpha value is -0.820. The fourth-order valence-electron chi connectivity index (χ4n) is 0.693. The molecule has 0 aliphatic heterocycles. The molecular weight excluding hydrogens is 246 g/mol. The summed E-state index contributed by atoms with van der Waals surface area (Å²) in [6.45, 7) is 4.41. The number of hydrogen-bond donors (Lipinski definition) is 3. The lowest BCUT2D eigenvalue weighted by atomic mass is 10.2. The van der Waals surface area contributed by atoms with Crippen molar-refractivity contribution in [1.82, 2.24) is 10.6 Å². The number of amides is 2. The Balaban J connectivity index is 3.98. The summed E-state index contributed by atoms with van der Waals surface area (Å²) in [7, 11) is 0. The molecule has 0 aliphatic rings. The van der Waals surface area contributed by atoms with Crippen molar-refractivity contribution >= 4 is 40.8 Å². The van der Waals surface area contributed by atoms with E-state index < -0.39 is 11.8 Å². The molecule has 0 unspecified atom stereocenters. The zero-order chi connectivity index (χ0) is 12.8.